The fraction of sp³-hybridized carbons (Fsp3) is 0.630. The van der Waals surface area contributed by atoms with Crippen molar-refractivity contribution < 1.29 is 28.6 Å². The molecule has 0 aromatic heterocycles. The van der Waals surface area contributed by atoms with Crippen molar-refractivity contribution in [3.63, 3.8) is 0 Å². The summed E-state index contributed by atoms with van der Waals surface area (Å²) in [5, 5.41) is 0. The molecule has 1 unspecified atom stereocenters. The summed E-state index contributed by atoms with van der Waals surface area (Å²) in [6.07, 6.45) is 94.3. The highest BCUT2D eigenvalue weighted by Crippen LogP contribution is 2.16. The van der Waals surface area contributed by atoms with E-state index in [0.29, 0.717) is 19.3 Å². The lowest BCUT2D eigenvalue weighted by Gasteiger charge is -2.18. The van der Waals surface area contributed by atoms with E-state index < -0.39 is 6.10 Å². The Morgan fingerprint density at radius 3 is 0.797 bits per heavy atom. The topological polar surface area (TPSA) is 78.9 Å². The molecule has 0 aliphatic carbocycles. The van der Waals surface area contributed by atoms with Gasteiger partial charge in [-0.1, -0.05) is 282 Å². The molecule has 0 radical (unpaired) electrons. The van der Waals surface area contributed by atoms with Crippen LogP contribution in [0.2, 0.25) is 0 Å². The minimum atomic E-state index is -0.811. The van der Waals surface area contributed by atoms with Crippen molar-refractivity contribution in [2.24, 2.45) is 0 Å². The van der Waals surface area contributed by atoms with E-state index in [0.717, 1.165) is 148 Å². The molecule has 0 fully saturated rings. The van der Waals surface area contributed by atoms with Gasteiger partial charge in [0.1, 0.15) is 13.2 Å². The third-order valence-electron chi connectivity index (χ3n) is 13.3. The van der Waals surface area contributed by atoms with Crippen molar-refractivity contribution in [3.05, 3.63) is 146 Å². The van der Waals surface area contributed by atoms with E-state index in [1.54, 1.807) is 0 Å². The van der Waals surface area contributed by atoms with Gasteiger partial charge in [0.05, 0.1) is 0 Å². The average Bonchev–Trinajstić information content (AvgIpc) is 3.45. The molecule has 0 aromatic carbocycles. The average molecular weight is 1090 g/mol. The molecule has 6 heteroatoms. The van der Waals surface area contributed by atoms with Crippen molar-refractivity contribution in [2.75, 3.05) is 13.2 Å². The van der Waals surface area contributed by atoms with Crippen LogP contribution in [0.5, 0.6) is 0 Å². The maximum absolute atomic E-state index is 12.9. The zero-order chi connectivity index (χ0) is 57.1. The molecule has 6 nitrogen and oxygen atoms in total. The molecule has 446 valence electrons. The van der Waals surface area contributed by atoms with E-state index in [1.165, 1.54) is 89.9 Å². The zero-order valence-electron chi connectivity index (χ0n) is 51.1. The molecule has 0 saturated heterocycles. The number of carbonyl (C=O) groups is 3. The number of hydrogen-bond acceptors (Lipinski definition) is 6. The Labute approximate surface area is 487 Å². The van der Waals surface area contributed by atoms with E-state index in [-0.39, 0.29) is 31.1 Å². The molecule has 0 bridgehead atoms. The fourth-order valence-corrected chi connectivity index (χ4v) is 8.57. The Kier molecular flexibility index (Phi) is 61.9. The normalized spacial score (nSPS) is 13.1. The van der Waals surface area contributed by atoms with Crippen LogP contribution in [0.25, 0.3) is 0 Å². The van der Waals surface area contributed by atoms with Crippen molar-refractivity contribution in [3.8, 4) is 0 Å². The second-order valence-electron chi connectivity index (χ2n) is 20.9. The van der Waals surface area contributed by atoms with Gasteiger partial charge in [-0.15, -0.1) is 0 Å². The predicted octanol–water partition coefficient (Wildman–Crippen LogP) is 22.3. The molecule has 79 heavy (non-hydrogen) atoms. The van der Waals surface area contributed by atoms with Gasteiger partial charge in [-0.3, -0.25) is 14.4 Å². The maximum Gasteiger partial charge on any atom is 0.306 e. The summed E-state index contributed by atoms with van der Waals surface area (Å²) in [4.78, 5) is 38.3. The second-order valence-corrected chi connectivity index (χ2v) is 20.9. The molecule has 0 N–H and O–H groups in total. The Morgan fingerprint density at radius 2 is 0.494 bits per heavy atom. The van der Waals surface area contributed by atoms with Crippen LogP contribution in [0.3, 0.4) is 0 Å². The van der Waals surface area contributed by atoms with E-state index in [4.69, 9.17) is 14.2 Å². The highest BCUT2D eigenvalue weighted by Gasteiger charge is 2.19. The Hall–Kier alpha value is -4.71. The van der Waals surface area contributed by atoms with Crippen LogP contribution in [0.15, 0.2) is 146 Å². The predicted molar refractivity (Wildman–Crippen MR) is 343 cm³/mol. The first-order valence-corrected chi connectivity index (χ1v) is 32.3. The van der Waals surface area contributed by atoms with Crippen LogP contribution < -0.4 is 0 Å². The number of carbonyl (C=O) groups excluding carboxylic acids is 3. The zero-order valence-corrected chi connectivity index (χ0v) is 51.1. The van der Waals surface area contributed by atoms with Gasteiger partial charge in [0.2, 0.25) is 0 Å². The maximum atomic E-state index is 12.9. The number of rotatable bonds is 57. The second kappa shape index (κ2) is 65.8. The van der Waals surface area contributed by atoms with Gasteiger partial charge in [-0.25, -0.2) is 0 Å². The van der Waals surface area contributed by atoms with Crippen molar-refractivity contribution in [1.82, 2.24) is 0 Å². The van der Waals surface area contributed by atoms with Crippen LogP contribution in [-0.2, 0) is 28.6 Å². The first kappa shape index (κ1) is 74.3. The Balaban J connectivity index is 4.44. The van der Waals surface area contributed by atoms with Crippen molar-refractivity contribution >= 4 is 17.9 Å². The number of ether oxygens (including phenoxy) is 3. The van der Waals surface area contributed by atoms with Gasteiger partial charge in [0.25, 0.3) is 0 Å². The number of hydrogen-bond donors (Lipinski definition) is 0. The Morgan fingerprint density at radius 1 is 0.266 bits per heavy atom. The smallest absolute Gasteiger partial charge is 0.306 e. The van der Waals surface area contributed by atoms with Crippen LogP contribution in [0.4, 0.5) is 0 Å². The summed E-state index contributed by atoms with van der Waals surface area (Å²) < 4.78 is 16.9. The molecule has 0 rings (SSSR count). The highest BCUT2D eigenvalue weighted by atomic mass is 16.6. The molecule has 0 aliphatic rings. The van der Waals surface area contributed by atoms with Gasteiger partial charge < -0.3 is 14.2 Å². The summed E-state index contributed by atoms with van der Waals surface area (Å²) in [5.74, 6) is -0.970. The van der Waals surface area contributed by atoms with Crippen LogP contribution >= 0.6 is 0 Å². The van der Waals surface area contributed by atoms with Gasteiger partial charge in [0.15, 0.2) is 6.10 Å². The van der Waals surface area contributed by atoms with Gasteiger partial charge >= 0.3 is 17.9 Å². The largest absolute Gasteiger partial charge is 0.462 e. The number of allylic oxidation sites excluding steroid dienone is 24. The summed E-state index contributed by atoms with van der Waals surface area (Å²) in [6, 6.07) is 0. The lowest BCUT2D eigenvalue weighted by Crippen LogP contribution is -2.30. The summed E-state index contributed by atoms with van der Waals surface area (Å²) in [5.41, 5.74) is 0. The van der Waals surface area contributed by atoms with Crippen LogP contribution in [0, 0.1) is 0 Å². The molecule has 0 spiro atoms. The SMILES string of the molecule is CC/C=C\C/C=C\C/C=C\C/C=C\C/C=C\C/C=C\C/C=C\C/C=C\CCCCCCC(=O)OCC(COC(=O)CCCC/C=C\C/C=C\C/C=C\C/C=C\CC)OC(=O)CCCCCCCCCCCCCCCCCCC. The third kappa shape index (κ3) is 64.0. The molecule has 0 aromatic rings. The monoisotopic (exact) mass is 1090 g/mol. The molecule has 0 aliphatic heterocycles. The van der Waals surface area contributed by atoms with E-state index in [1.807, 2.05) is 0 Å². The molecule has 0 heterocycles. The number of esters is 3. The van der Waals surface area contributed by atoms with E-state index in [9.17, 15) is 14.4 Å². The van der Waals surface area contributed by atoms with Crippen molar-refractivity contribution in [2.45, 2.75) is 284 Å². The summed E-state index contributed by atoms with van der Waals surface area (Å²) in [6.45, 7) is 6.37. The highest BCUT2D eigenvalue weighted by molar-refractivity contribution is 5.71. The minimum Gasteiger partial charge on any atom is -0.462 e. The third-order valence-corrected chi connectivity index (χ3v) is 13.3. The Bertz CT molecular complexity index is 1730. The number of unbranched alkanes of at least 4 members (excludes halogenated alkanes) is 22. The summed E-state index contributed by atoms with van der Waals surface area (Å²) in [7, 11) is 0. The summed E-state index contributed by atoms with van der Waals surface area (Å²) >= 11 is 0. The standard InChI is InChI=1S/C73H118O6/c1-4-7-10-13-16-19-22-25-28-30-31-32-33-34-35-36-37-38-39-40-41-43-45-48-51-54-57-60-63-66-72(75)78-69-70(68-77-71(74)65-62-59-56-53-50-47-44-27-24-21-18-15-12-9-6-3)79-73(76)67-64-61-58-55-52-49-46-42-29-26-23-20-17-14-11-8-5-2/h7,9-10,12,16,18-19,21,25,27-28,31-32,34-35,37-38,40-41,44-45,48,50,53,70H,4-6,8,11,13-15,17,20,22-24,26,29-30,33,36,39,42-43,46-47,49,51-52,54-69H2,1-3H3/b10-7-,12-9-,19-16-,21-18-,28-25-,32-31-,35-34-,38-37-,41-40-,44-27-,48-45-,53-50-. The molecule has 0 saturated carbocycles. The molecule has 1 atom stereocenters. The lowest BCUT2D eigenvalue weighted by molar-refractivity contribution is -0.167. The van der Waals surface area contributed by atoms with Gasteiger partial charge in [0, 0.05) is 19.3 Å². The van der Waals surface area contributed by atoms with Gasteiger partial charge in [-0.2, -0.15) is 0 Å². The van der Waals surface area contributed by atoms with Crippen molar-refractivity contribution in [1.29, 1.82) is 0 Å². The molecular weight excluding hydrogens is 973 g/mol. The fourth-order valence-electron chi connectivity index (χ4n) is 8.57. The first-order valence-electron chi connectivity index (χ1n) is 32.3. The first-order chi connectivity index (χ1) is 39.0. The van der Waals surface area contributed by atoms with Gasteiger partial charge in [-0.05, 0) is 122 Å². The van der Waals surface area contributed by atoms with E-state index >= 15 is 0 Å². The van der Waals surface area contributed by atoms with E-state index in [2.05, 4.69) is 167 Å². The minimum absolute atomic E-state index is 0.108. The molecular formula is C73H118O6. The quantitative estimate of drug-likeness (QED) is 0.0261. The van der Waals surface area contributed by atoms with Crippen LogP contribution in [-0.4, -0.2) is 37.2 Å². The lowest BCUT2D eigenvalue weighted by atomic mass is 10.0. The van der Waals surface area contributed by atoms with Crippen LogP contribution in [0.1, 0.15) is 278 Å². The molecule has 0 amide bonds.